The Hall–Kier alpha value is -2.29. The third-order valence-electron chi connectivity index (χ3n) is 7.74. The first-order valence-electron chi connectivity index (χ1n) is 12.0. The highest BCUT2D eigenvalue weighted by molar-refractivity contribution is 5.78. The molecule has 3 aliphatic rings. The molecule has 1 amide bonds. The molecule has 1 saturated heterocycles. The van der Waals surface area contributed by atoms with Crippen LogP contribution in [0.1, 0.15) is 68.6 Å². The number of oxazole rings is 1. The molecule has 2 atom stereocenters. The number of hydrogen-bond donors (Lipinski definition) is 1. The lowest BCUT2D eigenvalue weighted by atomic mass is 9.84. The normalized spacial score (nSPS) is 29.8. The minimum absolute atomic E-state index is 0.00645. The van der Waals surface area contributed by atoms with Gasteiger partial charge in [0.25, 0.3) is 0 Å². The van der Waals surface area contributed by atoms with E-state index in [9.17, 15) is 13.6 Å². The van der Waals surface area contributed by atoms with Gasteiger partial charge < -0.3 is 19.2 Å². The van der Waals surface area contributed by atoms with Crippen molar-refractivity contribution in [1.82, 2.24) is 20.4 Å². The van der Waals surface area contributed by atoms with Crippen LogP contribution in [0.15, 0.2) is 21.2 Å². The second-order valence-corrected chi connectivity index (χ2v) is 10.4. The fraction of sp³-hybridized carbons (Fsp3) is 0.708. The van der Waals surface area contributed by atoms with Gasteiger partial charge in [0, 0.05) is 44.5 Å². The SMILES string of the molecule is Cc1ncc(CC(=O)N[C@H]2CC[C@H](CCN3C[C@@H]4C[C@]4(c4cc(C(C)(F)F)on4)C3)CC2)o1. The lowest BCUT2D eigenvalue weighted by Crippen LogP contribution is -2.39. The van der Waals surface area contributed by atoms with Gasteiger partial charge in [-0.2, -0.15) is 8.78 Å². The van der Waals surface area contributed by atoms with Crippen molar-refractivity contribution in [2.24, 2.45) is 11.8 Å². The predicted octanol–water partition coefficient (Wildman–Crippen LogP) is 3.96. The second kappa shape index (κ2) is 8.49. The molecule has 0 aromatic carbocycles. The van der Waals surface area contributed by atoms with Crippen molar-refractivity contribution in [2.75, 3.05) is 19.6 Å². The van der Waals surface area contributed by atoms with Crippen LogP contribution in [-0.2, 0) is 22.6 Å². The molecule has 1 N–H and O–H groups in total. The Bertz CT molecular complexity index is 992. The number of piperidine rings is 1. The van der Waals surface area contributed by atoms with Gasteiger partial charge in [-0.15, -0.1) is 0 Å². The van der Waals surface area contributed by atoms with Gasteiger partial charge in [0.1, 0.15) is 5.76 Å². The smallest absolute Gasteiger partial charge is 0.304 e. The van der Waals surface area contributed by atoms with Gasteiger partial charge >= 0.3 is 5.92 Å². The quantitative estimate of drug-likeness (QED) is 0.639. The number of nitrogens with zero attached hydrogens (tertiary/aromatic N) is 3. The van der Waals surface area contributed by atoms with Crippen molar-refractivity contribution in [3.8, 4) is 0 Å². The highest BCUT2D eigenvalue weighted by Gasteiger charge is 2.62. The van der Waals surface area contributed by atoms with Gasteiger partial charge in [-0.25, -0.2) is 4.98 Å². The van der Waals surface area contributed by atoms with E-state index in [4.69, 9.17) is 8.94 Å². The number of fused-ring (bicyclic) bond motifs is 1. The van der Waals surface area contributed by atoms with Crippen molar-refractivity contribution < 1.29 is 22.5 Å². The van der Waals surface area contributed by atoms with E-state index in [-0.39, 0.29) is 29.5 Å². The molecule has 2 saturated carbocycles. The molecule has 3 heterocycles. The van der Waals surface area contributed by atoms with E-state index in [2.05, 4.69) is 20.4 Å². The number of aryl methyl sites for hydroxylation is 1. The average molecular weight is 463 g/mol. The summed E-state index contributed by atoms with van der Waals surface area (Å²) in [6.07, 6.45) is 8.25. The first-order valence-corrected chi connectivity index (χ1v) is 12.0. The molecule has 2 aliphatic carbocycles. The lowest BCUT2D eigenvalue weighted by molar-refractivity contribution is -0.121. The van der Waals surface area contributed by atoms with Crippen LogP contribution in [0.2, 0.25) is 0 Å². The van der Waals surface area contributed by atoms with Gasteiger partial charge in [0.2, 0.25) is 11.7 Å². The maximum Gasteiger partial charge on any atom is 0.304 e. The summed E-state index contributed by atoms with van der Waals surface area (Å²) in [5, 5.41) is 7.13. The molecular formula is C24H32F2N4O3. The van der Waals surface area contributed by atoms with E-state index in [1.54, 1.807) is 13.1 Å². The van der Waals surface area contributed by atoms with Crippen molar-refractivity contribution in [3.05, 3.63) is 35.4 Å². The number of alkyl halides is 2. The maximum atomic E-state index is 13.5. The van der Waals surface area contributed by atoms with E-state index in [1.807, 2.05) is 0 Å². The molecule has 0 radical (unpaired) electrons. The van der Waals surface area contributed by atoms with Crippen molar-refractivity contribution in [1.29, 1.82) is 0 Å². The van der Waals surface area contributed by atoms with Crippen LogP contribution in [0.4, 0.5) is 8.78 Å². The van der Waals surface area contributed by atoms with Crippen molar-refractivity contribution in [3.63, 3.8) is 0 Å². The zero-order chi connectivity index (χ0) is 23.2. The summed E-state index contributed by atoms with van der Waals surface area (Å²) < 4.78 is 37.4. The minimum atomic E-state index is -2.99. The third kappa shape index (κ3) is 4.83. The Kier molecular flexibility index (Phi) is 5.79. The summed E-state index contributed by atoms with van der Waals surface area (Å²) >= 11 is 0. The first-order chi connectivity index (χ1) is 15.7. The summed E-state index contributed by atoms with van der Waals surface area (Å²) in [5.74, 6) is -0.986. The topological polar surface area (TPSA) is 84.4 Å². The molecule has 3 fully saturated rings. The largest absolute Gasteiger partial charge is 0.446 e. The van der Waals surface area contributed by atoms with E-state index < -0.39 is 5.92 Å². The number of carbonyl (C=O) groups is 1. The summed E-state index contributed by atoms with van der Waals surface area (Å²) in [5.41, 5.74) is 0.611. The van der Waals surface area contributed by atoms with Crippen LogP contribution >= 0.6 is 0 Å². The van der Waals surface area contributed by atoms with Crippen molar-refractivity contribution >= 4 is 5.91 Å². The molecule has 0 unspecified atom stereocenters. The molecule has 2 aromatic rings. The van der Waals surface area contributed by atoms with Crippen LogP contribution in [0, 0.1) is 18.8 Å². The molecule has 180 valence electrons. The third-order valence-corrected chi connectivity index (χ3v) is 7.74. The zero-order valence-corrected chi connectivity index (χ0v) is 19.3. The van der Waals surface area contributed by atoms with Gasteiger partial charge in [-0.05, 0) is 56.9 Å². The van der Waals surface area contributed by atoms with E-state index in [0.717, 1.165) is 65.1 Å². The molecule has 2 aromatic heterocycles. The average Bonchev–Trinajstić information content (AvgIpc) is 3.18. The van der Waals surface area contributed by atoms with Gasteiger partial charge in [0.15, 0.2) is 5.89 Å². The number of amides is 1. The molecule has 1 aliphatic heterocycles. The van der Waals surface area contributed by atoms with Crippen LogP contribution in [-0.4, -0.2) is 46.6 Å². The molecular weight excluding hydrogens is 430 g/mol. The summed E-state index contributed by atoms with van der Waals surface area (Å²) in [4.78, 5) is 18.7. The Morgan fingerprint density at radius 3 is 2.79 bits per heavy atom. The lowest BCUT2D eigenvalue weighted by Gasteiger charge is -2.30. The predicted molar refractivity (Wildman–Crippen MR) is 116 cm³/mol. The second-order valence-electron chi connectivity index (χ2n) is 10.4. The maximum absolute atomic E-state index is 13.5. The monoisotopic (exact) mass is 462 g/mol. The molecule has 7 nitrogen and oxygen atoms in total. The van der Waals surface area contributed by atoms with Crippen LogP contribution in [0.5, 0.6) is 0 Å². The Balaban J connectivity index is 1.03. The molecule has 0 spiro atoms. The Morgan fingerprint density at radius 1 is 1.33 bits per heavy atom. The number of likely N-dealkylation sites (tertiary alicyclic amines) is 1. The van der Waals surface area contributed by atoms with Crippen LogP contribution in [0.25, 0.3) is 0 Å². The Morgan fingerprint density at radius 2 is 2.12 bits per heavy atom. The number of rotatable bonds is 8. The van der Waals surface area contributed by atoms with E-state index in [1.165, 1.54) is 6.07 Å². The fourth-order valence-corrected chi connectivity index (χ4v) is 5.76. The first kappa shape index (κ1) is 22.5. The molecule has 5 rings (SSSR count). The Labute approximate surface area is 192 Å². The fourth-order valence-electron chi connectivity index (χ4n) is 5.76. The van der Waals surface area contributed by atoms with Crippen LogP contribution < -0.4 is 5.32 Å². The zero-order valence-electron chi connectivity index (χ0n) is 19.3. The minimum Gasteiger partial charge on any atom is -0.446 e. The highest BCUT2D eigenvalue weighted by atomic mass is 19.3. The number of hydrogen-bond acceptors (Lipinski definition) is 6. The standard InChI is InChI=1S/C24H32F2N4O3/c1-15-27-12-19(32-15)9-22(31)28-18-5-3-16(4-6-18)7-8-30-13-17-11-24(17,14-30)20-10-21(33-29-20)23(2,25)26/h10,12,16-18H,3-9,11,13-14H2,1-2H3,(H,28,31)/t16-,17-,18-,24-/m0/s1. The molecule has 0 bridgehead atoms. The number of nitrogens with one attached hydrogen (secondary N) is 1. The number of halogens is 2. The summed E-state index contributed by atoms with van der Waals surface area (Å²) in [6.45, 7) is 5.53. The van der Waals surface area contributed by atoms with E-state index in [0.29, 0.717) is 29.2 Å². The highest BCUT2D eigenvalue weighted by Crippen LogP contribution is 2.59. The molecule has 9 heteroatoms. The van der Waals surface area contributed by atoms with Crippen LogP contribution in [0.3, 0.4) is 0 Å². The molecule has 33 heavy (non-hydrogen) atoms. The summed E-state index contributed by atoms with van der Waals surface area (Å²) in [6, 6.07) is 1.70. The van der Waals surface area contributed by atoms with Gasteiger partial charge in [0.05, 0.1) is 18.3 Å². The van der Waals surface area contributed by atoms with Crippen molar-refractivity contribution in [2.45, 2.75) is 76.2 Å². The number of carbonyl (C=O) groups excluding carboxylic acids is 1. The van der Waals surface area contributed by atoms with Gasteiger partial charge in [-0.3, -0.25) is 4.79 Å². The van der Waals surface area contributed by atoms with E-state index >= 15 is 0 Å². The number of aromatic nitrogens is 2. The van der Waals surface area contributed by atoms with Gasteiger partial charge in [-0.1, -0.05) is 5.16 Å². The summed E-state index contributed by atoms with van der Waals surface area (Å²) in [7, 11) is 0.